The smallest absolute Gasteiger partial charge is 0.0641 e. The molecule has 0 bridgehead atoms. The highest BCUT2D eigenvalue weighted by molar-refractivity contribution is 6.33. The molecule has 1 fully saturated rings. The van der Waals surface area contributed by atoms with E-state index in [0.717, 1.165) is 11.5 Å². The number of rotatable bonds is 2. The average molecular weight is 258 g/mol. The number of hydrogen-bond donors (Lipinski definition) is 1. The van der Waals surface area contributed by atoms with Crippen LogP contribution < -0.4 is 5.73 Å². The molecule has 2 heteroatoms. The van der Waals surface area contributed by atoms with Crippen molar-refractivity contribution in [3.63, 3.8) is 0 Å². The van der Waals surface area contributed by atoms with Gasteiger partial charge in [-0.15, -0.1) is 0 Å². The molecule has 1 saturated carbocycles. The summed E-state index contributed by atoms with van der Waals surface area (Å²) >= 11 is 6.12. The summed E-state index contributed by atoms with van der Waals surface area (Å²) in [5.74, 6) is 0.720. The molecule has 18 heavy (non-hydrogen) atoms. The minimum atomic E-state index is 0.635. The molecule has 0 atom stereocenters. The number of anilines is 1. The van der Waals surface area contributed by atoms with E-state index in [9.17, 15) is 0 Å². The van der Waals surface area contributed by atoms with Crippen LogP contribution in [0.4, 0.5) is 5.69 Å². The molecule has 0 aliphatic heterocycles. The van der Waals surface area contributed by atoms with Crippen LogP contribution in [0.5, 0.6) is 0 Å². The van der Waals surface area contributed by atoms with Crippen LogP contribution in [-0.2, 0) is 0 Å². The summed E-state index contributed by atoms with van der Waals surface area (Å²) in [6, 6.07) is 14.5. The first-order valence-corrected chi connectivity index (χ1v) is 6.78. The Balaban J connectivity index is 2.07. The molecular formula is C16H16ClN. The lowest BCUT2D eigenvalue weighted by Gasteiger charge is -2.28. The van der Waals surface area contributed by atoms with Crippen LogP contribution in [-0.4, -0.2) is 0 Å². The molecular weight excluding hydrogens is 242 g/mol. The van der Waals surface area contributed by atoms with Gasteiger partial charge in [-0.3, -0.25) is 0 Å². The molecule has 2 aromatic rings. The number of nitrogen functional groups attached to an aromatic ring is 1. The van der Waals surface area contributed by atoms with Gasteiger partial charge in [-0.25, -0.2) is 0 Å². The van der Waals surface area contributed by atoms with Crippen LogP contribution >= 0.6 is 11.6 Å². The van der Waals surface area contributed by atoms with E-state index in [0.29, 0.717) is 10.7 Å². The Morgan fingerprint density at radius 2 is 1.83 bits per heavy atom. The lowest BCUT2D eigenvalue weighted by atomic mass is 9.77. The van der Waals surface area contributed by atoms with Crippen molar-refractivity contribution in [3.8, 4) is 11.1 Å². The zero-order valence-electron chi connectivity index (χ0n) is 10.2. The fraction of sp³-hybridized carbons (Fsp3) is 0.250. The first-order chi connectivity index (χ1) is 8.75. The van der Waals surface area contributed by atoms with Crippen molar-refractivity contribution in [3.05, 3.63) is 53.1 Å². The fourth-order valence-electron chi connectivity index (χ4n) is 2.53. The van der Waals surface area contributed by atoms with Gasteiger partial charge in [0.1, 0.15) is 0 Å². The van der Waals surface area contributed by atoms with Gasteiger partial charge in [0.2, 0.25) is 0 Å². The monoisotopic (exact) mass is 257 g/mol. The lowest BCUT2D eigenvalue weighted by molar-refractivity contribution is 0.420. The number of hydrogen-bond acceptors (Lipinski definition) is 1. The van der Waals surface area contributed by atoms with Crippen LogP contribution in [0.1, 0.15) is 30.7 Å². The highest BCUT2D eigenvalue weighted by atomic mass is 35.5. The molecule has 92 valence electrons. The molecule has 0 aromatic heterocycles. The Bertz CT molecular complexity index is 573. The van der Waals surface area contributed by atoms with E-state index >= 15 is 0 Å². The molecule has 0 spiro atoms. The first-order valence-electron chi connectivity index (χ1n) is 6.40. The van der Waals surface area contributed by atoms with Gasteiger partial charge in [-0.2, -0.15) is 0 Å². The second-order valence-corrected chi connectivity index (χ2v) is 5.36. The van der Waals surface area contributed by atoms with E-state index < -0.39 is 0 Å². The minimum Gasteiger partial charge on any atom is -0.398 e. The Morgan fingerprint density at radius 1 is 1.06 bits per heavy atom. The van der Waals surface area contributed by atoms with Gasteiger partial charge in [-0.05, 0) is 47.6 Å². The molecule has 2 aromatic carbocycles. The SMILES string of the molecule is Nc1ccc(-c2ccccc2C2CCC2)cc1Cl. The van der Waals surface area contributed by atoms with Crippen molar-refractivity contribution in [2.75, 3.05) is 5.73 Å². The second-order valence-electron chi connectivity index (χ2n) is 4.95. The van der Waals surface area contributed by atoms with E-state index in [1.165, 1.54) is 30.4 Å². The van der Waals surface area contributed by atoms with Gasteiger partial charge in [0.15, 0.2) is 0 Å². The largest absolute Gasteiger partial charge is 0.398 e. The molecule has 1 aliphatic rings. The number of halogens is 1. The third-order valence-electron chi connectivity index (χ3n) is 3.82. The third-order valence-corrected chi connectivity index (χ3v) is 4.14. The topological polar surface area (TPSA) is 26.0 Å². The van der Waals surface area contributed by atoms with Crippen LogP contribution in [0.25, 0.3) is 11.1 Å². The lowest BCUT2D eigenvalue weighted by Crippen LogP contribution is -2.09. The van der Waals surface area contributed by atoms with Crippen molar-refractivity contribution < 1.29 is 0 Å². The molecule has 0 saturated heterocycles. The Kier molecular flexibility index (Phi) is 3.00. The second kappa shape index (κ2) is 4.66. The van der Waals surface area contributed by atoms with Gasteiger partial charge in [0, 0.05) is 0 Å². The van der Waals surface area contributed by atoms with Gasteiger partial charge < -0.3 is 5.73 Å². The molecule has 0 radical (unpaired) electrons. The third kappa shape index (κ3) is 1.99. The molecule has 0 heterocycles. The van der Waals surface area contributed by atoms with Gasteiger partial charge in [0.05, 0.1) is 10.7 Å². The molecule has 1 nitrogen and oxygen atoms in total. The summed E-state index contributed by atoms with van der Waals surface area (Å²) in [6.07, 6.45) is 3.96. The van der Waals surface area contributed by atoms with Crippen molar-refractivity contribution in [2.24, 2.45) is 0 Å². The van der Waals surface area contributed by atoms with Crippen molar-refractivity contribution in [1.29, 1.82) is 0 Å². The Morgan fingerprint density at radius 3 is 2.50 bits per heavy atom. The molecule has 1 aliphatic carbocycles. The van der Waals surface area contributed by atoms with Crippen LogP contribution in [0.2, 0.25) is 5.02 Å². The number of nitrogens with two attached hydrogens (primary N) is 1. The fourth-order valence-corrected chi connectivity index (χ4v) is 2.71. The summed E-state index contributed by atoms with van der Waals surface area (Å²) in [5, 5.41) is 0.635. The van der Waals surface area contributed by atoms with Crippen LogP contribution in [0.3, 0.4) is 0 Å². The summed E-state index contributed by atoms with van der Waals surface area (Å²) < 4.78 is 0. The standard InChI is InChI=1S/C16H16ClN/c17-15-10-12(8-9-16(15)18)14-7-2-1-6-13(14)11-4-3-5-11/h1-2,6-11H,3-5,18H2. The van der Waals surface area contributed by atoms with E-state index in [4.69, 9.17) is 17.3 Å². The normalized spacial score (nSPS) is 15.4. The Labute approximate surface area is 113 Å². The van der Waals surface area contributed by atoms with Crippen molar-refractivity contribution in [2.45, 2.75) is 25.2 Å². The van der Waals surface area contributed by atoms with E-state index in [-0.39, 0.29) is 0 Å². The maximum atomic E-state index is 6.12. The maximum absolute atomic E-state index is 6.12. The van der Waals surface area contributed by atoms with Gasteiger partial charge in [0.25, 0.3) is 0 Å². The minimum absolute atomic E-state index is 0.635. The summed E-state index contributed by atoms with van der Waals surface area (Å²) in [7, 11) is 0. The van der Waals surface area contributed by atoms with Gasteiger partial charge >= 0.3 is 0 Å². The van der Waals surface area contributed by atoms with Gasteiger partial charge in [-0.1, -0.05) is 48.4 Å². The average Bonchev–Trinajstić information content (AvgIpc) is 2.31. The van der Waals surface area contributed by atoms with E-state index in [1.54, 1.807) is 0 Å². The molecule has 3 rings (SSSR count). The zero-order chi connectivity index (χ0) is 12.5. The van der Waals surface area contributed by atoms with Crippen LogP contribution in [0.15, 0.2) is 42.5 Å². The van der Waals surface area contributed by atoms with Crippen molar-refractivity contribution >= 4 is 17.3 Å². The summed E-state index contributed by atoms with van der Waals surface area (Å²) in [4.78, 5) is 0. The zero-order valence-corrected chi connectivity index (χ0v) is 11.0. The summed E-state index contributed by atoms with van der Waals surface area (Å²) in [6.45, 7) is 0. The first kappa shape index (κ1) is 11.6. The molecule has 2 N–H and O–H groups in total. The highest BCUT2D eigenvalue weighted by Crippen LogP contribution is 2.41. The Hall–Kier alpha value is -1.47. The number of benzene rings is 2. The predicted octanol–water partition coefficient (Wildman–Crippen LogP) is 4.86. The quantitative estimate of drug-likeness (QED) is 0.764. The molecule has 0 amide bonds. The predicted molar refractivity (Wildman–Crippen MR) is 77.9 cm³/mol. The molecule has 0 unspecified atom stereocenters. The summed E-state index contributed by atoms with van der Waals surface area (Å²) in [5.41, 5.74) is 10.3. The van der Waals surface area contributed by atoms with Crippen LogP contribution in [0, 0.1) is 0 Å². The van der Waals surface area contributed by atoms with E-state index in [2.05, 4.69) is 30.3 Å². The maximum Gasteiger partial charge on any atom is 0.0641 e. The highest BCUT2D eigenvalue weighted by Gasteiger charge is 2.22. The van der Waals surface area contributed by atoms with Crippen molar-refractivity contribution in [1.82, 2.24) is 0 Å². The van der Waals surface area contributed by atoms with E-state index in [1.807, 2.05) is 12.1 Å².